The van der Waals surface area contributed by atoms with E-state index in [0.717, 1.165) is 44.1 Å². The zero-order valence-corrected chi connectivity index (χ0v) is 20.8. The Bertz CT molecular complexity index is 1350. The van der Waals surface area contributed by atoms with Crippen LogP contribution in [0.2, 0.25) is 0 Å². The van der Waals surface area contributed by atoms with Crippen molar-refractivity contribution in [2.45, 2.75) is 45.1 Å². The fraction of sp³-hybridized carbons (Fsp3) is 0.379. The zero-order chi connectivity index (χ0) is 25.5. The smallest absolute Gasteiger partial charge is 0.344 e. The highest BCUT2D eigenvalue weighted by Crippen LogP contribution is 2.29. The third-order valence-electron chi connectivity index (χ3n) is 6.93. The lowest BCUT2D eigenvalue weighted by atomic mass is 9.97. The molecule has 1 aliphatic rings. The molecule has 36 heavy (non-hydrogen) atoms. The van der Waals surface area contributed by atoms with E-state index in [1.165, 1.54) is 31.4 Å². The number of piperidine rings is 1. The summed E-state index contributed by atoms with van der Waals surface area (Å²) in [4.78, 5) is 27.9. The van der Waals surface area contributed by atoms with Crippen LogP contribution < -0.4 is 16.6 Å². The molecule has 0 spiro atoms. The van der Waals surface area contributed by atoms with Gasteiger partial charge in [-0.05, 0) is 57.5 Å². The van der Waals surface area contributed by atoms with Gasteiger partial charge in [-0.3, -0.25) is 0 Å². The summed E-state index contributed by atoms with van der Waals surface area (Å²) in [5.74, 6) is 0.179. The zero-order valence-electron chi connectivity index (χ0n) is 20.8. The van der Waals surface area contributed by atoms with Crippen molar-refractivity contribution >= 4 is 22.6 Å². The van der Waals surface area contributed by atoms with E-state index in [2.05, 4.69) is 23.7 Å². The fourth-order valence-electron chi connectivity index (χ4n) is 5.02. The molecule has 7 nitrogen and oxygen atoms in total. The summed E-state index contributed by atoms with van der Waals surface area (Å²) in [7, 11) is 0. The summed E-state index contributed by atoms with van der Waals surface area (Å²) in [5, 5.41) is 14.1. The van der Waals surface area contributed by atoms with Crippen LogP contribution in [0.15, 0.2) is 67.7 Å². The standard InChI is InChI=1S/C29H34N2O5/c1-3-22(31-14-8-5-9-15-31)12-13-30-18-21(19-32)28-23(4-2)24(17-27(33)36-28)25-16-20-10-6-7-11-26(20)35-29(25)34/h4,6-7,10-11,16-17,19,22,30,32H,2-3,5,8-9,12-15,18H2,1H3/b21-19+. The largest absolute Gasteiger partial charge is 0.515 e. The highest BCUT2D eigenvalue weighted by Gasteiger charge is 2.21. The second-order valence-corrected chi connectivity index (χ2v) is 9.19. The minimum Gasteiger partial charge on any atom is -0.515 e. The molecule has 0 aliphatic carbocycles. The topological polar surface area (TPSA) is 95.9 Å². The van der Waals surface area contributed by atoms with Crippen LogP contribution in [-0.2, 0) is 0 Å². The van der Waals surface area contributed by atoms with E-state index < -0.39 is 11.3 Å². The number of aliphatic hydroxyl groups excluding tert-OH is 1. The minimum atomic E-state index is -0.631. The molecule has 4 rings (SSSR count). The van der Waals surface area contributed by atoms with Gasteiger partial charge in [0.1, 0.15) is 11.3 Å². The lowest BCUT2D eigenvalue weighted by molar-refractivity contribution is 0.151. The average Bonchev–Trinajstić information content (AvgIpc) is 2.90. The second-order valence-electron chi connectivity index (χ2n) is 9.19. The van der Waals surface area contributed by atoms with Gasteiger partial charge in [-0.2, -0.15) is 0 Å². The summed E-state index contributed by atoms with van der Waals surface area (Å²) in [6, 6.07) is 10.7. The highest BCUT2D eigenvalue weighted by molar-refractivity contribution is 5.86. The molecule has 1 aliphatic heterocycles. The van der Waals surface area contributed by atoms with E-state index >= 15 is 0 Å². The molecule has 1 fully saturated rings. The molecule has 1 saturated heterocycles. The van der Waals surface area contributed by atoms with Crippen molar-refractivity contribution in [1.82, 2.24) is 10.2 Å². The van der Waals surface area contributed by atoms with Crippen LogP contribution in [0, 0.1) is 0 Å². The fourth-order valence-corrected chi connectivity index (χ4v) is 5.02. The normalized spacial score (nSPS) is 15.8. The number of hydrogen-bond donors (Lipinski definition) is 2. The third kappa shape index (κ3) is 5.69. The van der Waals surface area contributed by atoms with Crippen LogP contribution in [0.3, 0.4) is 0 Å². The molecule has 0 radical (unpaired) electrons. The summed E-state index contributed by atoms with van der Waals surface area (Å²) in [5.41, 5.74) is 0.697. The Labute approximate surface area is 210 Å². The molecular weight excluding hydrogens is 456 g/mol. The van der Waals surface area contributed by atoms with E-state index in [-0.39, 0.29) is 11.3 Å². The van der Waals surface area contributed by atoms with Crippen molar-refractivity contribution in [3.8, 4) is 11.1 Å². The Kier molecular flexibility index (Phi) is 8.57. The van der Waals surface area contributed by atoms with E-state index in [1.807, 2.05) is 12.1 Å². The van der Waals surface area contributed by atoms with Gasteiger partial charge in [0.15, 0.2) is 0 Å². The van der Waals surface area contributed by atoms with Gasteiger partial charge in [0.25, 0.3) is 0 Å². The predicted molar refractivity (Wildman–Crippen MR) is 144 cm³/mol. The van der Waals surface area contributed by atoms with Crippen LogP contribution in [-0.4, -0.2) is 42.2 Å². The van der Waals surface area contributed by atoms with E-state index in [1.54, 1.807) is 18.2 Å². The van der Waals surface area contributed by atoms with Gasteiger partial charge in [0.05, 0.1) is 11.8 Å². The van der Waals surface area contributed by atoms with Crippen LogP contribution >= 0.6 is 0 Å². The molecular formula is C29H34N2O5. The molecule has 1 unspecified atom stereocenters. The predicted octanol–water partition coefficient (Wildman–Crippen LogP) is 5.20. The minimum absolute atomic E-state index is 0.179. The van der Waals surface area contributed by atoms with Crippen molar-refractivity contribution in [2.75, 3.05) is 26.2 Å². The van der Waals surface area contributed by atoms with Gasteiger partial charge in [-0.1, -0.05) is 44.2 Å². The maximum Gasteiger partial charge on any atom is 0.344 e. The number of likely N-dealkylation sites (tertiary alicyclic amines) is 1. The summed E-state index contributed by atoms with van der Waals surface area (Å²) >= 11 is 0. The number of para-hydroxylation sites is 1. The van der Waals surface area contributed by atoms with Gasteiger partial charge in [0, 0.05) is 40.7 Å². The maximum absolute atomic E-state index is 12.8. The molecule has 0 bridgehead atoms. The Morgan fingerprint density at radius 3 is 2.64 bits per heavy atom. The number of aliphatic hydroxyl groups is 1. The Morgan fingerprint density at radius 1 is 1.14 bits per heavy atom. The monoisotopic (exact) mass is 490 g/mol. The van der Waals surface area contributed by atoms with Crippen LogP contribution in [0.1, 0.15) is 50.4 Å². The van der Waals surface area contributed by atoms with Gasteiger partial charge in [0.2, 0.25) is 0 Å². The van der Waals surface area contributed by atoms with Gasteiger partial charge >= 0.3 is 11.3 Å². The van der Waals surface area contributed by atoms with E-state index in [9.17, 15) is 14.7 Å². The quantitative estimate of drug-likeness (QED) is 0.229. The lowest BCUT2D eigenvalue weighted by Crippen LogP contribution is -2.40. The number of fused-ring (bicyclic) bond motifs is 1. The molecule has 3 heterocycles. The number of rotatable bonds is 10. The van der Waals surface area contributed by atoms with Crippen molar-refractivity contribution in [3.05, 3.63) is 81.4 Å². The van der Waals surface area contributed by atoms with Crippen LogP contribution in [0.5, 0.6) is 0 Å². The Morgan fingerprint density at radius 2 is 1.92 bits per heavy atom. The first-order valence-electron chi connectivity index (χ1n) is 12.7. The van der Waals surface area contributed by atoms with E-state index in [4.69, 9.17) is 8.83 Å². The van der Waals surface area contributed by atoms with Crippen LogP contribution in [0.25, 0.3) is 33.7 Å². The average molecular weight is 491 g/mol. The van der Waals surface area contributed by atoms with Gasteiger partial charge in [-0.15, -0.1) is 0 Å². The van der Waals surface area contributed by atoms with Crippen molar-refractivity contribution in [1.29, 1.82) is 0 Å². The summed E-state index contributed by atoms with van der Waals surface area (Å²) in [6.45, 7) is 9.46. The summed E-state index contributed by atoms with van der Waals surface area (Å²) in [6.07, 6.45) is 8.38. The molecule has 0 saturated carbocycles. The van der Waals surface area contributed by atoms with Crippen molar-refractivity contribution in [2.24, 2.45) is 0 Å². The number of benzene rings is 1. The van der Waals surface area contributed by atoms with Gasteiger partial charge < -0.3 is 24.2 Å². The molecule has 1 atom stereocenters. The molecule has 2 aromatic heterocycles. The van der Waals surface area contributed by atoms with Gasteiger partial charge in [-0.25, -0.2) is 9.59 Å². The van der Waals surface area contributed by atoms with Crippen molar-refractivity contribution in [3.63, 3.8) is 0 Å². The molecule has 3 aromatic rings. The molecule has 2 N–H and O–H groups in total. The Balaban J connectivity index is 1.56. The first kappa shape index (κ1) is 25.7. The maximum atomic E-state index is 12.8. The molecule has 1 aromatic carbocycles. The molecule has 7 heteroatoms. The van der Waals surface area contributed by atoms with Crippen LogP contribution in [0.4, 0.5) is 0 Å². The Hall–Kier alpha value is -3.42. The lowest BCUT2D eigenvalue weighted by Gasteiger charge is -2.34. The second kappa shape index (κ2) is 12.0. The number of nitrogens with zero attached hydrogens (tertiary/aromatic N) is 1. The van der Waals surface area contributed by atoms with E-state index in [0.29, 0.717) is 34.9 Å². The molecule has 190 valence electrons. The number of nitrogens with one attached hydrogen (secondary N) is 1. The molecule has 0 amide bonds. The first-order chi connectivity index (χ1) is 17.5. The number of hydrogen-bond acceptors (Lipinski definition) is 7. The van der Waals surface area contributed by atoms with Crippen molar-refractivity contribution < 1.29 is 13.9 Å². The third-order valence-corrected chi connectivity index (χ3v) is 6.93. The summed E-state index contributed by atoms with van der Waals surface area (Å²) < 4.78 is 11.0. The highest BCUT2D eigenvalue weighted by atomic mass is 16.4. The first-order valence-corrected chi connectivity index (χ1v) is 12.7. The SMILES string of the molecule is C=Cc1c(-c2cc3ccccc3oc2=O)cc(=O)oc1/C(=C/O)CNCCC(CC)N1CCCCC1.